The molecule has 2 rings (SSSR count). The normalized spacial score (nSPS) is 18.9. The minimum Gasteiger partial charge on any atom is -0.490 e. The van der Waals surface area contributed by atoms with Gasteiger partial charge in [0.15, 0.2) is 0 Å². The number of nitrogens with one attached hydrogen (secondary N) is 1. The lowest BCUT2D eigenvalue weighted by Crippen LogP contribution is -2.34. The summed E-state index contributed by atoms with van der Waals surface area (Å²) < 4.78 is 5.98. The van der Waals surface area contributed by atoms with Crippen LogP contribution in [0.15, 0.2) is 24.3 Å². The molecular weight excluding hydrogens is 210 g/mol. The highest BCUT2D eigenvalue weighted by Crippen LogP contribution is 2.23. The molecule has 17 heavy (non-hydrogen) atoms. The van der Waals surface area contributed by atoms with E-state index in [1.807, 2.05) is 0 Å². The Morgan fingerprint density at radius 3 is 2.47 bits per heavy atom. The van der Waals surface area contributed by atoms with E-state index in [1.54, 1.807) is 0 Å². The standard InChI is InChI=1S/C15H23NO/c1-3-12(2)13-4-6-14(7-5-13)17-15-8-10-16-11-9-15/h4-7,12,15-16H,3,8-11H2,1-2H3/t12-/m1/s1. The van der Waals surface area contributed by atoms with E-state index in [-0.39, 0.29) is 0 Å². The van der Waals surface area contributed by atoms with Crippen LogP contribution < -0.4 is 10.1 Å². The third-order valence-electron chi connectivity index (χ3n) is 3.65. The van der Waals surface area contributed by atoms with E-state index in [0.717, 1.165) is 31.7 Å². The molecule has 2 nitrogen and oxygen atoms in total. The second kappa shape index (κ2) is 6.06. The molecule has 1 aromatic carbocycles. The minimum atomic E-state index is 0.394. The SMILES string of the molecule is CC[C@@H](C)c1ccc(OC2CCNCC2)cc1. The van der Waals surface area contributed by atoms with Crippen molar-refractivity contribution in [2.24, 2.45) is 0 Å². The Balaban J connectivity index is 1.93. The van der Waals surface area contributed by atoms with Crippen molar-refractivity contribution in [1.82, 2.24) is 5.32 Å². The van der Waals surface area contributed by atoms with Crippen LogP contribution in [-0.2, 0) is 0 Å². The van der Waals surface area contributed by atoms with Crippen molar-refractivity contribution < 1.29 is 4.74 Å². The molecule has 1 N–H and O–H groups in total. The highest BCUT2D eigenvalue weighted by molar-refractivity contribution is 5.29. The quantitative estimate of drug-likeness (QED) is 0.861. The molecule has 1 saturated heterocycles. The van der Waals surface area contributed by atoms with Gasteiger partial charge in [-0.1, -0.05) is 26.0 Å². The first kappa shape index (κ1) is 12.4. The van der Waals surface area contributed by atoms with E-state index >= 15 is 0 Å². The monoisotopic (exact) mass is 233 g/mol. The molecule has 2 heteroatoms. The molecule has 94 valence electrons. The molecule has 1 aliphatic rings. The van der Waals surface area contributed by atoms with Gasteiger partial charge >= 0.3 is 0 Å². The van der Waals surface area contributed by atoms with Crippen molar-refractivity contribution in [2.75, 3.05) is 13.1 Å². The lowest BCUT2D eigenvalue weighted by molar-refractivity contribution is 0.162. The van der Waals surface area contributed by atoms with E-state index in [9.17, 15) is 0 Å². The van der Waals surface area contributed by atoms with Crippen LogP contribution >= 0.6 is 0 Å². The summed E-state index contributed by atoms with van der Waals surface area (Å²) in [5.41, 5.74) is 1.41. The molecule has 0 unspecified atom stereocenters. The fraction of sp³-hybridized carbons (Fsp3) is 0.600. The van der Waals surface area contributed by atoms with Crippen LogP contribution in [0.5, 0.6) is 5.75 Å². The van der Waals surface area contributed by atoms with Gasteiger partial charge in [0.2, 0.25) is 0 Å². The van der Waals surface area contributed by atoms with Crippen LogP contribution in [0.2, 0.25) is 0 Å². The second-order valence-electron chi connectivity index (χ2n) is 4.95. The number of rotatable bonds is 4. The van der Waals surface area contributed by atoms with Gasteiger partial charge in [-0.15, -0.1) is 0 Å². The first-order chi connectivity index (χ1) is 8.29. The smallest absolute Gasteiger partial charge is 0.119 e. The zero-order valence-electron chi connectivity index (χ0n) is 10.9. The van der Waals surface area contributed by atoms with Gasteiger partial charge in [-0.2, -0.15) is 0 Å². The van der Waals surface area contributed by atoms with Gasteiger partial charge < -0.3 is 10.1 Å². The summed E-state index contributed by atoms with van der Waals surface area (Å²) in [6, 6.07) is 8.63. The predicted molar refractivity (Wildman–Crippen MR) is 71.7 cm³/mol. The molecule has 1 fully saturated rings. The van der Waals surface area contributed by atoms with Crippen molar-refractivity contribution in [3.05, 3.63) is 29.8 Å². The third-order valence-corrected chi connectivity index (χ3v) is 3.65. The number of piperidine rings is 1. The van der Waals surface area contributed by atoms with Gasteiger partial charge in [0.05, 0.1) is 0 Å². The maximum Gasteiger partial charge on any atom is 0.119 e. The third kappa shape index (κ3) is 3.47. The lowest BCUT2D eigenvalue weighted by Gasteiger charge is -2.24. The van der Waals surface area contributed by atoms with Crippen molar-refractivity contribution in [3.63, 3.8) is 0 Å². The number of hydrogen-bond donors (Lipinski definition) is 1. The molecule has 0 spiro atoms. The molecule has 0 bridgehead atoms. The number of ether oxygens (including phenoxy) is 1. The minimum absolute atomic E-state index is 0.394. The van der Waals surface area contributed by atoms with Crippen LogP contribution in [0.1, 0.15) is 44.6 Å². The highest BCUT2D eigenvalue weighted by Gasteiger charge is 2.14. The van der Waals surface area contributed by atoms with Crippen LogP contribution in [0.3, 0.4) is 0 Å². The summed E-state index contributed by atoms with van der Waals surface area (Å²) in [7, 11) is 0. The van der Waals surface area contributed by atoms with E-state index in [2.05, 4.69) is 43.4 Å². The molecular formula is C15H23NO. The summed E-state index contributed by atoms with van der Waals surface area (Å²) in [4.78, 5) is 0. The molecule has 0 radical (unpaired) electrons. The average Bonchev–Trinajstić information content (AvgIpc) is 2.40. The second-order valence-corrected chi connectivity index (χ2v) is 4.95. The molecule has 0 aromatic heterocycles. The lowest BCUT2D eigenvalue weighted by atomic mass is 9.99. The van der Waals surface area contributed by atoms with Gasteiger partial charge in [0, 0.05) is 0 Å². The summed E-state index contributed by atoms with van der Waals surface area (Å²) in [5, 5.41) is 3.35. The van der Waals surface area contributed by atoms with Crippen LogP contribution in [-0.4, -0.2) is 19.2 Å². The molecule has 1 atom stereocenters. The predicted octanol–water partition coefficient (Wildman–Crippen LogP) is 3.33. The maximum atomic E-state index is 5.98. The van der Waals surface area contributed by atoms with Gasteiger partial charge in [-0.3, -0.25) is 0 Å². The van der Waals surface area contributed by atoms with E-state index in [0.29, 0.717) is 12.0 Å². The van der Waals surface area contributed by atoms with Gasteiger partial charge in [0.25, 0.3) is 0 Å². The first-order valence-corrected chi connectivity index (χ1v) is 6.77. The largest absolute Gasteiger partial charge is 0.490 e. The number of hydrogen-bond acceptors (Lipinski definition) is 2. The van der Waals surface area contributed by atoms with Crippen molar-refractivity contribution in [3.8, 4) is 5.75 Å². The molecule has 0 aliphatic carbocycles. The van der Waals surface area contributed by atoms with E-state index in [4.69, 9.17) is 4.74 Å². The zero-order valence-corrected chi connectivity index (χ0v) is 10.9. The summed E-state index contributed by atoms with van der Waals surface area (Å²) in [6.45, 7) is 6.65. The van der Waals surface area contributed by atoms with Gasteiger partial charge in [-0.05, 0) is 56.0 Å². The van der Waals surface area contributed by atoms with Gasteiger partial charge in [0.1, 0.15) is 11.9 Å². The molecule has 0 saturated carbocycles. The Morgan fingerprint density at radius 1 is 1.24 bits per heavy atom. The average molecular weight is 233 g/mol. The molecule has 1 heterocycles. The Hall–Kier alpha value is -1.02. The molecule has 1 aromatic rings. The Morgan fingerprint density at radius 2 is 1.88 bits per heavy atom. The summed E-state index contributed by atoms with van der Waals surface area (Å²) >= 11 is 0. The van der Waals surface area contributed by atoms with Crippen LogP contribution in [0, 0.1) is 0 Å². The fourth-order valence-corrected chi connectivity index (χ4v) is 2.22. The maximum absolute atomic E-state index is 5.98. The zero-order chi connectivity index (χ0) is 12.1. The fourth-order valence-electron chi connectivity index (χ4n) is 2.22. The first-order valence-electron chi connectivity index (χ1n) is 6.77. The van der Waals surface area contributed by atoms with E-state index in [1.165, 1.54) is 12.0 Å². The number of benzene rings is 1. The highest BCUT2D eigenvalue weighted by atomic mass is 16.5. The topological polar surface area (TPSA) is 21.3 Å². The Labute approximate surface area is 104 Å². The molecule has 0 amide bonds. The van der Waals surface area contributed by atoms with Crippen molar-refractivity contribution in [1.29, 1.82) is 0 Å². The van der Waals surface area contributed by atoms with E-state index < -0.39 is 0 Å². The van der Waals surface area contributed by atoms with Crippen LogP contribution in [0.25, 0.3) is 0 Å². The molecule has 1 aliphatic heterocycles. The summed E-state index contributed by atoms with van der Waals surface area (Å²) in [5.74, 6) is 1.66. The van der Waals surface area contributed by atoms with Crippen LogP contribution in [0.4, 0.5) is 0 Å². The van der Waals surface area contributed by atoms with Crippen molar-refractivity contribution in [2.45, 2.75) is 45.1 Å². The Kier molecular flexibility index (Phi) is 4.43. The Bertz CT molecular complexity index is 327. The van der Waals surface area contributed by atoms with Gasteiger partial charge in [-0.25, -0.2) is 0 Å². The summed E-state index contributed by atoms with van der Waals surface area (Å²) in [6.07, 6.45) is 3.82. The van der Waals surface area contributed by atoms with Crippen molar-refractivity contribution >= 4 is 0 Å².